The van der Waals surface area contributed by atoms with Crippen LogP contribution >= 0.6 is 0 Å². The van der Waals surface area contributed by atoms with Gasteiger partial charge in [-0.1, -0.05) is 23.4 Å². The zero-order valence-corrected chi connectivity index (χ0v) is 13.2. The second kappa shape index (κ2) is 6.53. The SMILES string of the molecule is N#Cc1[nH]nnc1-c1cccc(COc2ccc3c(c2)OCCO3)c1. The van der Waals surface area contributed by atoms with Crippen molar-refractivity contribution in [2.75, 3.05) is 13.2 Å². The molecule has 25 heavy (non-hydrogen) atoms. The number of hydrogen-bond acceptors (Lipinski definition) is 6. The molecule has 0 saturated carbocycles. The van der Waals surface area contributed by atoms with Gasteiger partial charge in [0, 0.05) is 11.6 Å². The lowest BCUT2D eigenvalue weighted by atomic mass is 10.1. The normalized spacial score (nSPS) is 12.4. The fourth-order valence-corrected chi connectivity index (χ4v) is 2.60. The molecule has 2 heterocycles. The zero-order valence-electron chi connectivity index (χ0n) is 13.2. The van der Waals surface area contributed by atoms with E-state index in [1.807, 2.05) is 48.5 Å². The van der Waals surface area contributed by atoms with Crippen molar-refractivity contribution in [3.05, 3.63) is 53.7 Å². The molecule has 124 valence electrons. The number of rotatable bonds is 4. The standard InChI is InChI=1S/C18H14N4O3/c19-10-15-18(21-22-20-15)13-3-1-2-12(8-13)11-25-14-4-5-16-17(9-14)24-7-6-23-16/h1-5,8-9H,6-7,11H2,(H,20,21,22). The minimum absolute atomic E-state index is 0.338. The maximum Gasteiger partial charge on any atom is 0.165 e. The van der Waals surface area contributed by atoms with E-state index in [-0.39, 0.29) is 0 Å². The summed E-state index contributed by atoms with van der Waals surface area (Å²) in [6, 6.07) is 15.2. The van der Waals surface area contributed by atoms with E-state index in [1.165, 1.54) is 0 Å². The summed E-state index contributed by atoms with van der Waals surface area (Å²) in [5, 5.41) is 19.3. The summed E-state index contributed by atoms with van der Waals surface area (Å²) in [5.74, 6) is 2.13. The van der Waals surface area contributed by atoms with Gasteiger partial charge in [0.05, 0.1) is 0 Å². The van der Waals surface area contributed by atoms with Crippen LogP contribution in [-0.4, -0.2) is 28.6 Å². The molecule has 0 spiro atoms. The number of aromatic amines is 1. The Morgan fingerprint density at radius 3 is 2.88 bits per heavy atom. The van der Waals surface area contributed by atoms with Gasteiger partial charge in [0.25, 0.3) is 0 Å². The molecule has 0 unspecified atom stereocenters. The van der Waals surface area contributed by atoms with Gasteiger partial charge in [-0.25, -0.2) is 5.10 Å². The second-order valence-electron chi connectivity index (χ2n) is 5.44. The van der Waals surface area contributed by atoms with Crippen molar-refractivity contribution in [1.29, 1.82) is 5.26 Å². The van der Waals surface area contributed by atoms with Crippen LogP contribution in [0.5, 0.6) is 17.2 Å². The molecule has 0 radical (unpaired) electrons. The topological polar surface area (TPSA) is 93.1 Å². The fourth-order valence-electron chi connectivity index (χ4n) is 2.60. The Bertz CT molecular complexity index is 945. The van der Waals surface area contributed by atoms with Crippen LogP contribution in [0.15, 0.2) is 42.5 Å². The van der Waals surface area contributed by atoms with Crippen LogP contribution < -0.4 is 14.2 Å². The third kappa shape index (κ3) is 3.10. The average Bonchev–Trinajstić information content (AvgIpc) is 3.15. The van der Waals surface area contributed by atoms with Gasteiger partial charge in [0.2, 0.25) is 0 Å². The lowest BCUT2D eigenvalue weighted by molar-refractivity contribution is 0.170. The van der Waals surface area contributed by atoms with Crippen molar-refractivity contribution in [3.8, 4) is 34.6 Å². The molecule has 0 bridgehead atoms. The maximum absolute atomic E-state index is 9.08. The van der Waals surface area contributed by atoms with Crippen molar-refractivity contribution in [2.24, 2.45) is 0 Å². The molecule has 4 rings (SSSR count). The van der Waals surface area contributed by atoms with Gasteiger partial charge < -0.3 is 14.2 Å². The smallest absolute Gasteiger partial charge is 0.165 e. The zero-order chi connectivity index (χ0) is 17.1. The average molecular weight is 334 g/mol. The van der Waals surface area contributed by atoms with Crippen LogP contribution in [0.2, 0.25) is 0 Å². The number of nitriles is 1. The highest BCUT2D eigenvalue weighted by molar-refractivity contribution is 5.64. The van der Waals surface area contributed by atoms with Crippen molar-refractivity contribution in [2.45, 2.75) is 6.61 Å². The third-order valence-corrected chi connectivity index (χ3v) is 3.78. The minimum atomic E-state index is 0.338. The summed E-state index contributed by atoms with van der Waals surface area (Å²) in [6.45, 7) is 1.48. The Morgan fingerprint density at radius 1 is 1.12 bits per heavy atom. The summed E-state index contributed by atoms with van der Waals surface area (Å²) in [6.07, 6.45) is 0. The summed E-state index contributed by atoms with van der Waals surface area (Å²) in [4.78, 5) is 0. The molecule has 1 aromatic heterocycles. The molecule has 7 nitrogen and oxygen atoms in total. The largest absolute Gasteiger partial charge is 0.489 e. The molecule has 7 heteroatoms. The van der Waals surface area contributed by atoms with E-state index in [0.717, 1.165) is 16.9 Å². The summed E-state index contributed by atoms with van der Waals surface area (Å²) >= 11 is 0. The van der Waals surface area contributed by atoms with E-state index < -0.39 is 0 Å². The molecule has 0 amide bonds. The van der Waals surface area contributed by atoms with Gasteiger partial charge in [-0.2, -0.15) is 5.26 Å². The molecule has 2 aromatic carbocycles. The molecule has 1 N–H and O–H groups in total. The van der Waals surface area contributed by atoms with Gasteiger partial charge in [-0.3, -0.25) is 0 Å². The highest BCUT2D eigenvalue weighted by Crippen LogP contribution is 2.33. The summed E-state index contributed by atoms with van der Waals surface area (Å²) < 4.78 is 16.9. The molecule has 1 aliphatic heterocycles. The number of nitrogens with zero attached hydrogens (tertiary/aromatic N) is 3. The first-order valence-electron chi connectivity index (χ1n) is 7.76. The number of ether oxygens (including phenoxy) is 3. The van der Waals surface area contributed by atoms with Crippen molar-refractivity contribution >= 4 is 0 Å². The van der Waals surface area contributed by atoms with Crippen molar-refractivity contribution in [1.82, 2.24) is 15.4 Å². The van der Waals surface area contributed by atoms with Crippen LogP contribution in [0.4, 0.5) is 0 Å². The highest BCUT2D eigenvalue weighted by Gasteiger charge is 2.13. The Kier molecular flexibility index (Phi) is 3.92. The Labute approximate surface area is 143 Å². The maximum atomic E-state index is 9.08. The number of nitrogens with one attached hydrogen (secondary N) is 1. The van der Waals surface area contributed by atoms with E-state index in [4.69, 9.17) is 19.5 Å². The van der Waals surface area contributed by atoms with Crippen molar-refractivity contribution in [3.63, 3.8) is 0 Å². The van der Waals surface area contributed by atoms with E-state index in [1.54, 1.807) is 0 Å². The molecule has 0 saturated heterocycles. The number of hydrogen-bond donors (Lipinski definition) is 1. The van der Waals surface area contributed by atoms with Gasteiger partial charge >= 0.3 is 0 Å². The number of fused-ring (bicyclic) bond motifs is 1. The Hall–Kier alpha value is -3.53. The summed E-state index contributed by atoms with van der Waals surface area (Å²) in [5.41, 5.74) is 2.64. The van der Waals surface area contributed by atoms with Gasteiger partial charge in [0.15, 0.2) is 17.2 Å². The Balaban J connectivity index is 1.50. The van der Waals surface area contributed by atoms with E-state index >= 15 is 0 Å². The molecule has 0 atom stereocenters. The molecular weight excluding hydrogens is 320 g/mol. The quantitative estimate of drug-likeness (QED) is 0.788. The van der Waals surface area contributed by atoms with Gasteiger partial charge in [0.1, 0.15) is 37.3 Å². The third-order valence-electron chi connectivity index (χ3n) is 3.78. The molecular formula is C18H14N4O3. The van der Waals surface area contributed by atoms with Gasteiger partial charge in [-0.15, -0.1) is 5.10 Å². The fraction of sp³-hybridized carbons (Fsp3) is 0.167. The van der Waals surface area contributed by atoms with Gasteiger partial charge in [-0.05, 0) is 23.8 Å². The minimum Gasteiger partial charge on any atom is -0.489 e. The monoisotopic (exact) mass is 334 g/mol. The van der Waals surface area contributed by atoms with Crippen molar-refractivity contribution < 1.29 is 14.2 Å². The van der Waals surface area contributed by atoms with E-state index in [2.05, 4.69) is 15.4 Å². The van der Waals surface area contributed by atoms with Crippen LogP contribution in [0, 0.1) is 11.3 Å². The number of benzene rings is 2. The van der Waals surface area contributed by atoms with E-state index in [9.17, 15) is 0 Å². The van der Waals surface area contributed by atoms with E-state index in [0.29, 0.717) is 42.7 Å². The predicted molar refractivity (Wildman–Crippen MR) is 88.3 cm³/mol. The molecule has 1 aliphatic rings. The van der Waals surface area contributed by atoms with Crippen LogP contribution in [0.1, 0.15) is 11.3 Å². The first-order valence-corrected chi connectivity index (χ1v) is 7.76. The first kappa shape index (κ1) is 15.0. The van der Waals surface area contributed by atoms with Crippen LogP contribution in [-0.2, 0) is 6.61 Å². The highest BCUT2D eigenvalue weighted by atomic mass is 16.6. The molecule has 0 aliphatic carbocycles. The molecule has 0 fully saturated rings. The lowest BCUT2D eigenvalue weighted by Gasteiger charge is -2.19. The lowest BCUT2D eigenvalue weighted by Crippen LogP contribution is -2.15. The molecule has 3 aromatic rings. The first-order chi connectivity index (χ1) is 12.3. The van der Waals surface area contributed by atoms with Crippen LogP contribution in [0.25, 0.3) is 11.3 Å². The predicted octanol–water partition coefficient (Wildman–Crippen LogP) is 2.69. The summed E-state index contributed by atoms with van der Waals surface area (Å²) in [7, 11) is 0. The second-order valence-corrected chi connectivity index (χ2v) is 5.44. The Morgan fingerprint density at radius 2 is 2.00 bits per heavy atom. The number of H-pyrrole nitrogens is 1. The van der Waals surface area contributed by atoms with Crippen LogP contribution in [0.3, 0.4) is 0 Å². The number of aromatic nitrogens is 3.